The maximum atomic E-state index is 11.6. The summed E-state index contributed by atoms with van der Waals surface area (Å²) in [6.07, 6.45) is 0. The number of hydrogen-bond acceptors (Lipinski definition) is 7. The van der Waals surface area contributed by atoms with Crippen LogP contribution in [0.4, 0.5) is 5.13 Å². The number of anilines is 1. The number of amides is 1. The predicted molar refractivity (Wildman–Crippen MR) is 69.3 cm³/mol. The van der Waals surface area contributed by atoms with Crippen LogP contribution >= 0.6 is 11.3 Å². The normalized spacial score (nSPS) is 11.2. The molecular formula is C8H15N5O3S2. The Hall–Kier alpha value is -1.26. The Bertz CT molecular complexity index is 499. The van der Waals surface area contributed by atoms with Gasteiger partial charge < -0.3 is 10.6 Å². The van der Waals surface area contributed by atoms with Crippen molar-refractivity contribution in [1.29, 1.82) is 0 Å². The average Bonchev–Trinajstić information content (AvgIpc) is 2.78. The van der Waals surface area contributed by atoms with Crippen molar-refractivity contribution in [2.24, 2.45) is 0 Å². The maximum Gasteiger partial charge on any atom is 0.282 e. The smallest absolute Gasteiger partial charge is 0.282 e. The first-order chi connectivity index (χ1) is 8.48. The third kappa shape index (κ3) is 4.55. The second kappa shape index (κ2) is 6.61. The number of carbonyl (C=O) groups excluding carboxylic acids is 1. The fourth-order valence-corrected chi connectivity index (χ4v) is 2.32. The summed E-state index contributed by atoms with van der Waals surface area (Å²) in [5.74, 6) is -0.600. The van der Waals surface area contributed by atoms with Gasteiger partial charge in [-0.3, -0.25) is 4.79 Å². The van der Waals surface area contributed by atoms with E-state index in [-0.39, 0.29) is 17.3 Å². The van der Waals surface area contributed by atoms with Crippen molar-refractivity contribution in [2.75, 3.05) is 31.2 Å². The number of nitrogens with one attached hydrogen (secondary N) is 3. The third-order valence-electron chi connectivity index (χ3n) is 1.91. The molecular weight excluding hydrogens is 278 g/mol. The van der Waals surface area contributed by atoms with Gasteiger partial charge in [-0.2, -0.15) is 0 Å². The zero-order chi connectivity index (χ0) is 13.6. The van der Waals surface area contributed by atoms with Gasteiger partial charge in [0.2, 0.25) is 20.2 Å². The molecule has 0 unspecified atom stereocenters. The lowest BCUT2D eigenvalue weighted by atomic mass is 10.6. The molecule has 0 bridgehead atoms. The van der Waals surface area contributed by atoms with Crippen LogP contribution in [0.3, 0.4) is 0 Å². The van der Waals surface area contributed by atoms with E-state index in [0.717, 1.165) is 11.3 Å². The molecule has 10 heteroatoms. The molecule has 0 atom stereocenters. The molecule has 1 amide bonds. The van der Waals surface area contributed by atoms with E-state index < -0.39 is 15.9 Å². The molecule has 0 spiro atoms. The van der Waals surface area contributed by atoms with Gasteiger partial charge in [0.05, 0.1) is 5.75 Å². The molecule has 0 saturated heterocycles. The van der Waals surface area contributed by atoms with Crippen LogP contribution in [0.25, 0.3) is 0 Å². The van der Waals surface area contributed by atoms with Gasteiger partial charge in [0.25, 0.3) is 5.91 Å². The second-order valence-electron chi connectivity index (χ2n) is 3.22. The summed E-state index contributed by atoms with van der Waals surface area (Å²) >= 11 is 1.12. The average molecular weight is 293 g/mol. The lowest BCUT2D eigenvalue weighted by Gasteiger charge is -2.03. The molecule has 0 aromatic carbocycles. The van der Waals surface area contributed by atoms with Gasteiger partial charge in [-0.15, -0.1) is 10.2 Å². The summed E-state index contributed by atoms with van der Waals surface area (Å²) in [4.78, 5) is 11.6. The molecule has 0 aliphatic carbocycles. The van der Waals surface area contributed by atoms with E-state index in [0.29, 0.717) is 11.7 Å². The van der Waals surface area contributed by atoms with E-state index in [1.807, 2.05) is 6.92 Å². The number of nitrogens with zero attached hydrogens (tertiary/aromatic N) is 2. The first kappa shape index (κ1) is 14.8. The van der Waals surface area contributed by atoms with E-state index in [1.165, 1.54) is 7.05 Å². The largest absolute Gasteiger partial charge is 0.360 e. The van der Waals surface area contributed by atoms with Crippen molar-refractivity contribution in [3.05, 3.63) is 5.01 Å². The van der Waals surface area contributed by atoms with Gasteiger partial charge >= 0.3 is 0 Å². The number of hydrogen-bond donors (Lipinski definition) is 3. The van der Waals surface area contributed by atoms with Crippen LogP contribution in [0.5, 0.6) is 0 Å². The monoisotopic (exact) mass is 293 g/mol. The molecule has 0 saturated carbocycles. The van der Waals surface area contributed by atoms with E-state index in [1.54, 1.807) is 0 Å². The third-order valence-corrected chi connectivity index (χ3v) is 4.16. The van der Waals surface area contributed by atoms with Gasteiger partial charge in [-0.25, -0.2) is 13.1 Å². The second-order valence-corrected chi connectivity index (χ2v) is 6.25. The Labute approximate surface area is 109 Å². The van der Waals surface area contributed by atoms with Crippen molar-refractivity contribution in [1.82, 2.24) is 20.2 Å². The van der Waals surface area contributed by atoms with Crippen LogP contribution in [0, 0.1) is 0 Å². The highest BCUT2D eigenvalue weighted by Gasteiger charge is 2.13. The first-order valence-electron chi connectivity index (χ1n) is 5.25. The minimum atomic E-state index is -3.31. The molecule has 18 heavy (non-hydrogen) atoms. The van der Waals surface area contributed by atoms with E-state index >= 15 is 0 Å². The SMILES string of the molecule is CCNc1nnc(C(=O)NCCS(=O)(=O)NC)s1. The van der Waals surface area contributed by atoms with Crippen molar-refractivity contribution in [3.8, 4) is 0 Å². The van der Waals surface area contributed by atoms with Gasteiger partial charge in [-0.05, 0) is 14.0 Å². The quantitative estimate of drug-likeness (QED) is 0.609. The van der Waals surface area contributed by atoms with Gasteiger partial charge in [0.1, 0.15) is 0 Å². The molecule has 1 aromatic rings. The number of rotatable bonds is 7. The van der Waals surface area contributed by atoms with E-state index in [9.17, 15) is 13.2 Å². The van der Waals surface area contributed by atoms with Crippen LogP contribution in [-0.4, -0.2) is 50.4 Å². The molecule has 1 heterocycles. The van der Waals surface area contributed by atoms with Gasteiger partial charge in [0.15, 0.2) is 0 Å². The van der Waals surface area contributed by atoms with Crippen LogP contribution in [0.1, 0.15) is 16.7 Å². The van der Waals surface area contributed by atoms with Crippen LogP contribution in [-0.2, 0) is 10.0 Å². The summed E-state index contributed by atoms with van der Waals surface area (Å²) in [7, 11) is -1.99. The fraction of sp³-hybridized carbons (Fsp3) is 0.625. The minimum absolute atomic E-state index is 0.0259. The predicted octanol–water partition coefficient (Wildman–Crippen LogP) is -0.751. The Balaban J connectivity index is 2.45. The summed E-state index contributed by atoms with van der Waals surface area (Å²) in [5, 5.41) is 13.6. The Kier molecular flexibility index (Phi) is 5.44. The number of aromatic nitrogens is 2. The standard InChI is InChI=1S/C8H15N5O3S2/c1-3-10-8-13-12-7(17-8)6(14)11-4-5-18(15,16)9-2/h9H,3-5H2,1-2H3,(H,10,13)(H,11,14). The lowest BCUT2D eigenvalue weighted by molar-refractivity contribution is 0.0955. The zero-order valence-electron chi connectivity index (χ0n) is 10.1. The zero-order valence-corrected chi connectivity index (χ0v) is 11.7. The summed E-state index contributed by atoms with van der Waals surface area (Å²) in [5.41, 5.74) is 0. The van der Waals surface area contributed by atoms with Crippen molar-refractivity contribution in [3.63, 3.8) is 0 Å². The Morgan fingerprint density at radius 2 is 2.11 bits per heavy atom. The highest BCUT2D eigenvalue weighted by molar-refractivity contribution is 7.89. The van der Waals surface area contributed by atoms with E-state index in [2.05, 4.69) is 25.6 Å². The summed E-state index contributed by atoms with van der Waals surface area (Å²) in [6, 6.07) is 0. The van der Waals surface area contributed by atoms with E-state index in [4.69, 9.17) is 0 Å². The van der Waals surface area contributed by atoms with Crippen LogP contribution in [0.2, 0.25) is 0 Å². The molecule has 3 N–H and O–H groups in total. The molecule has 102 valence electrons. The van der Waals surface area contributed by atoms with Crippen LogP contribution < -0.4 is 15.4 Å². The molecule has 0 radical (unpaired) electrons. The maximum absolute atomic E-state index is 11.6. The number of sulfonamides is 1. The first-order valence-corrected chi connectivity index (χ1v) is 7.72. The minimum Gasteiger partial charge on any atom is -0.360 e. The molecule has 1 aromatic heterocycles. The number of carbonyl (C=O) groups is 1. The van der Waals surface area contributed by atoms with Crippen molar-refractivity contribution in [2.45, 2.75) is 6.92 Å². The Morgan fingerprint density at radius 3 is 2.72 bits per heavy atom. The van der Waals surface area contributed by atoms with Crippen LogP contribution in [0.15, 0.2) is 0 Å². The topological polar surface area (TPSA) is 113 Å². The lowest BCUT2D eigenvalue weighted by Crippen LogP contribution is -2.32. The molecule has 8 nitrogen and oxygen atoms in total. The highest BCUT2D eigenvalue weighted by atomic mass is 32.2. The molecule has 0 aliphatic heterocycles. The molecule has 0 aliphatic rings. The summed E-state index contributed by atoms with van der Waals surface area (Å²) < 4.78 is 24.4. The van der Waals surface area contributed by atoms with Crippen molar-refractivity contribution < 1.29 is 13.2 Å². The molecule has 0 fully saturated rings. The van der Waals surface area contributed by atoms with Gasteiger partial charge in [0, 0.05) is 13.1 Å². The molecule has 1 rings (SSSR count). The highest BCUT2D eigenvalue weighted by Crippen LogP contribution is 2.14. The Morgan fingerprint density at radius 1 is 1.39 bits per heavy atom. The summed E-state index contributed by atoms with van der Waals surface area (Å²) in [6.45, 7) is 2.62. The van der Waals surface area contributed by atoms with Crippen molar-refractivity contribution >= 4 is 32.4 Å². The van der Waals surface area contributed by atoms with Gasteiger partial charge in [-0.1, -0.05) is 11.3 Å². The fourth-order valence-electron chi connectivity index (χ4n) is 1.01.